The van der Waals surface area contributed by atoms with Crippen molar-refractivity contribution in [1.82, 2.24) is 0 Å². The molecule has 0 aliphatic carbocycles. The summed E-state index contributed by atoms with van der Waals surface area (Å²) in [6.45, 7) is 11.4. The van der Waals surface area contributed by atoms with Crippen molar-refractivity contribution in [1.29, 1.82) is 0 Å². The van der Waals surface area contributed by atoms with Gasteiger partial charge in [0.05, 0.1) is 39.6 Å². The van der Waals surface area contributed by atoms with Crippen molar-refractivity contribution in [3.8, 4) is 0 Å². The molecule has 0 heterocycles. The first-order valence-corrected chi connectivity index (χ1v) is 22.1. The van der Waals surface area contributed by atoms with Gasteiger partial charge in [0.2, 0.25) is 0 Å². The molecule has 6 nitrogen and oxygen atoms in total. The normalized spacial score (nSPS) is 11.9. The number of benzene rings is 2. The van der Waals surface area contributed by atoms with Gasteiger partial charge in [-0.25, -0.2) is 0 Å². The van der Waals surface area contributed by atoms with Gasteiger partial charge in [-0.3, -0.25) is 0 Å². The van der Waals surface area contributed by atoms with Gasteiger partial charge in [-0.1, -0.05) is 38.1 Å². The van der Waals surface area contributed by atoms with Crippen LogP contribution in [0.3, 0.4) is 0 Å². The van der Waals surface area contributed by atoms with Crippen LogP contribution in [0.5, 0.6) is 0 Å². The number of hydrogen-bond acceptors (Lipinski definition) is 12. The van der Waals surface area contributed by atoms with Crippen molar-refractivity contribution >= 4 is 75.8 Å². The predicted octanol–water partition coefficient (Wildman–Crippen LogP) is 9.03. The van der Waals surface area contributed by atoms with E-state index in [2.05, 4.69) is 114 Å². The Morgan fingerprint density at radius 2 is 0.588 bits per heavy atom. The van der Waals surface area contributed by atoms with Crippen LogP contribution in [0.25, 0.3) is 0 Å². The molecule has 51 heavy (non-hydrogen) atoms. The first kappa shape index (κ1) is 47.5. The Morgan fingerprint density at radius 1 is 0.373 bits per heavy atom. The third-order valence-electron chi connectivity index (χ3n) is 8.52. The Morgan fingerprint density at radius 3 is 0.804 bits per heavy atom. The maximum absolute atomic E-state index is 6.21. The Balaban J connectivity index is 2.69. The predicted molar refractivity (Wildman–Crippen MR) is 234 cm³/mol. The lowest BCUT2D eigenvalue weighted by Crippen LogP contribution is -2.23. The first-order valence-electron chi connectivity index (χ1n) is 18.3. The van der Waals surface area contributed by atoms with E-state index < -0.39 is 0 Å². The molecule has 0 aliphatic rings. The maximum Gasteiger partial charge on any atom is 0.0723 e. The molecule has 292 valence electrons. The van der Waals surface area contributed by atoms with Gasteiger partial charge >= 0.3 is 0 Å². The highest BCUT2D eigenvalue weighted by Gasteiger charge is 2.28. The summed E-state index contributed by atoms with van der Waals surface area (Å²) in [5, 5.41) is 0. The molecule has 0 fully saturated rings. The van der Waals surface area contributed by atoms with E-state index in [1.807, 2.05) is 0 Å². The molecule has 2 aromatic carbocycles. The second-order valence-electron chi connectivity index (χ2n) is 12.9. The van der Waals surface area contributed by atoms with Crippen molar-refractivity contribution in [3.05, 3.63) is 68.8 Å². The largest absolute Gasteiger partial charge is 0.377 e. The second kappa shape index (κ2) is 29.6. The summed E-state index contributed by atoms with van der Waals surface area (Å²) in [6.07, 6.45) is 5.36. The Bertz CT molecular complexity index is 1050. The van der Waals surface area contributed by atoms with Gasteiger partial charge in [0, 0.05) is 45.1 Å². The van der Waals surface area contributed by atoms with Gasteiger partial charge in [-0.15, -0.1) is 0 Å². The zero-order chi connectivity index (χ0) is 37.2. The van der Waals surface area contributed by atoms with Gasteiger partial charge in [-0.05, 0) is 118 Å². The molecule has 0 amide bonds. The lowest BCUT2D eigenvalue weighted by atomic mass is 9.75. The fourth-order valence-electron chi connectivity index (χ4n) is 5.45. The van der Waals surface area contributed by atoms with Crippen LogP contribution < -0.4 is 0 Å². The average Bonchev–Trinajstić information content (AvgIpc) is 3.13. The standard InChI is InChI=1S/C39H64O6S6/c1-39(2,35-21-31(25-40-9-3-15-46)37(29-44-13-7-19-50)32(22-35)26-41-10-4-16-47)36-23-33(27-42-11-5-17-48)38(30-45-14-8-20-51)34(24-36)28-43-12-6-18-49/h21-24,46-51H,3-20,25-30H2,1-2H3. The number of thiol groups is 6. The molecule has 0 atom stereocenters. The summed E-state index contributed by atoms with van der Waals surface area (Å²) < 4.78 is 37.2. The topological polar surface area (TPSA) is 55.4 Å². The molecule has 0 aromatic heterocycles. The molecule has 0 spiro atoms. The lowest BCUT2D eigenvalue weighted by Gasteiger charge is -2.31. The van der Waals surface area contributed by atoms with Crippen LogP contribution in [-0.2, 0) is 73.5 Å². The van der Waals surface area contributed by atoms with E-state index in [-0.39, 0.29) is 5.41 Å². The van der Waals surface area contributed by atoms with Gasteiger partial charge in [0.1, 0.15) is 0 Å². The number of hydrogen-bond donors (Lipinski definition) is 6. The summed E-state index contributed by atoms with van der Waals surface area (Å²) in [5.74, 6) is 4.72. The zero-order valence-corrected chi connectivity index (χ0v) is 36.3. The van der Waals surface area contributed by atoms with Gasteiger partial charge < -0.3 is 28.4 Å². The van der Waals surface area contributed by atoms with Crippen LogP contribution in [0.4, 0.5) is 0 Å². The minimum Gasteiger partial charge on any atom is -0.377 e. The number of rotatable bonds is 32. The summed E-state index contributed by atoms with van der Waals surface area (Å²) in [6, 6.07) is 9.20. The molecule has 0 radical (unpaired) electrons. The molecular formula is C39H64O6S6. The Labute approximate surface area is 342 Å². The van der Waals surface area contributed by atoms with E-state index in [1.54, 1.807) is 0 Å². The lowest BCUT2D eigenvalue weighted by molar-refractivity contribution is 0.100. The molecule has 2 rings (SSSR count). The third kappa shape index (κ3) is 18.2. The van der Waals surface area contributed by atoms with E-state index in [9.17, 15) is 0 Å². The summed E-state index contributed by atoms with van der Waals surface area (Å²) in [7, 11) is 0. The Hall–Kier alpha value is 0.300. The molecule has 2 aromatic rings. The maximum atomic E-state index is 6.21. The smallest absolute Gasteiger partial charge is 0.0723 e. The molecule has 0 saturated heterocycles. The molecule has 0 N–H and O–H groups in total. The van der Waals surface area contributed by atoms with E-state index in [1.165, 1.54) is 11.1 Å². The fourth-order valence-corrected chi connectivity index (χ4v) is 6.22. The van der Waals surface area contributed by atoms with Crippen molar-refractivity contribution in [3.63, 3.8) is 0 Å². The van der Waals surface area contributed by atoms with Crippen LogP contribution >= 0.6 is 75.8 Å². The third-order valence-corrected chi connectivity index (χ3v) is 10.4. The number of ether oxygens (including phenoxy) is 6. The molecule has 0 saturated carbocycles. The minimum atomic E-state index is -0.379. The fraction of sp³-hybridized carbons (Fsp3) is 0.692. The van der Waals surface area contributed by atoms with Crippen LogP contribution in [-0.4, -0.2) is 74.2 Å². The van der Waals surface area contributed by atoms with Gasteiger partial charge in [0.15, 0.2) is 0 Å². The monoisotopic (exact) mass is 820 g/mol. The average molecular weight is 821 g/mol. The highest BCUT2D eigenvalue weighted by atomic mass is 32.1. The molecule has 0 aliphatic heterocycles. The summed E-state index contributed by atoms with van der Waals surface area (Å²) in [4.78, 5) is 0. The van der Waals surface area contributed by atoms with E-state index in [4.69, 9.17) is 28.4 Å². The van der Waals surface area contributed by atoms with Gasteiger partial charge in [-0.2, -0.15) is 75.8 Å². The first-order chi connectivity index (χ1) is 24.9. The molecule has 12 heteroatoms. The Kier molecular flexibility index (Phi) is 27.5. The molecular weight excluding hydrogens is 757 g/mol. The minimum absolute atomic E-state index is 0.379. The van der Waals surface area contributed by atoms with Crippen LogP contribution in [0, 0.1) is 0 Å². The summed E-state index contributed by atoms with van der Waals surface area (Å²) >= 11 is 26.3. The van der Waals surface area contributed by atoms with E-state index in [0.717, 1.165) is 106 Å². The quantitative estimate of drug-likeness (QED) is 0.0328. The molecule has 0 unspecified atom stereocenters. The van der Waals surface area contributed by atoms with Crippen LogP contribution in [0.1, 0.15) is 96.9 Å². The van der Waals surface area contributed by atoms with Crippen molar-refractivity contribution in [2.45, 2.75) is 97.4 Å². The van der Waals surface area contributed by atoms with E-state index >= 15 is 0 Å². The van der Waals surface area contributed by atoms with Gasteiger partial charge in [0.25, 0.3) is 0 Å². The van der Waals surface area contributed by atoms with Crippen molar-refractivity contribution < 1.29 is 28.4 Å². The highest BCUT2D eigenvalue weighted by molar-refractivity contribution is 7.81. The van der Waals surface area contributed by atoms with Crippen molar-refractivity contribution in [2.24, 2.45) is 0 Å². The van der Waals surface area contributed by atoms with Crippen LogP contribution in [0.2, 0.25) is 0 Å². The SMILES string of the molecule is CC(C)(c1cc(COCCCS)c(COCCCS)c(COCCCS)c1)c1cc(COCCCS)c(COCCCS)c(COCCCS)c1. The van der Waals surface area contributed by atoms with E-state index in [0.29, 0.717) is 79.3 Å². The molecule has 0 bridgehead atoms. The summed E-state index contributed by atoms with van der Waals surface area (Å²) in [5.41, 5.74) is 8.75. The second-order valence-corrected chi connectivity index (χ2v) is 15.6. The highest BCUT2D eigenvalue weighted by Crippen LogP contribution is 2.37. The zero-order valence-electron chi connectivity index (χ0n) is 30.9. The van der Waals surface area contributed by atoms with Crippen LogP contribution in [0.15, 0.2) is 24.3 Å². The van der Waals surface area contributed by atoms with Crippen molar-refractivity contribution in [2.75, 3.05) is 74.2 Å².